The van der Waals surface area contributed by atoms with E-state index in [1.54, 1.807) is 12.4 Å². The fourth-order valence-corrected chi connectivity index (χ4v) is 2.50. The van der Waals surface area contributed by atoms with Gasteiger partial charge in [0.05, 0.1) is 12.4 Å². The van der Waals surface area contributed by atoms with Crippen LogP contribution in [-0.4, -0.2) is 40.4 Å². The minimum Gasteiger partial charge on any atom is -0.369 e. The van der Waals surface area contributed by atoms with Gasteiger partial charge in [0.25, 0.3) is 5.91 Å². The van der Waals surface area contributed by atoms with E-state index in [0.29, 0.717) is 16.9 Å². The molecule has 0 saturated carbocycles. The lowest BCUT2D eigenvalue weighted by atomic mass is 9.85. The summed E-state index contributed by atoms with van der Waals surface area (Å²) in [6.07, 6.45) is 6.46. The molecule has 0 radical (unpaired) electrons. The molecule has 1 aromatic rings. The second-order valence-corrected chi connectivity index (χ2v) is 6.13. The monoisotopic (exact) mass is 276 g/mol. The van der Waals surface area contributed by atoms with E-state index in [9.17, 15) is 4.79 Å². The molecule has 1 aliphatic rings. The molecule has 110 valence electrons. The fraction of sp³-hybridized carbons (Fsp3) is 0.667. The highest BCUT2D eigenvalue weighted by Crippen LogP contribution is 2.30. The summed E-state index contributed by atoms with van der Waals surface area (Å²) in [6.45, 7) is 8.96. The van der Waals surface area contributed by atoms with Crippen molar-refractivity contribution < 1.29 is 4.79 Å². The van der Waals surface area contributed by atoms with Crippen LogP contribution in [0.1, 0.15) is 50.5 Å². The quantitative estimate of drug-likeness (QED) is 0.921. The first kappa shape index (κ1) is 14.8. The number of carbonyl (C=O) groups is 1. The number of nitrogens with zero attached hydrogens (tertiary/aromatic N) is 3. The van der Waals surface area contributed by atoms with Crippen molar-refractivity contribution in [2.45, 2.75) is 40.0 Å². The molecule has 1 N–H and O–H groups in total. The zero-order valence-electron chi connectivity index (χ0n) is 12.6. The molecule has 0 aliphatic carbocycles. The van der Waals surface area contributed by atoms with Gasteiger partial charge >= 0.3 is 0 Å². The molecule has 0 unspecified atom stereocenters. The number of nitrogens with one attached hydrogen (secondary N) is 1. The SMILES string of the molecule is CCNc1cnc(C(=O)N2CCCC(C)(C)CC2)cn1. The summed E-state index contributed by atoms with van der Waals surface area (Å²) in [7, 11) is 0. The van der Waals surface area contributed by atoms with Crippen molar-refractivity contribution >= 4 is 11.7 Å². The number of aromatic nitrogens is 2. The van der Waals surface area contributed by atoms with Crippen molar-refractivity contribution in [2.75, 3.05) is 25.0 Å². The molecule has 1 aromatic heterocycles. The first-order valence-electron chi connectivity index (χ1n) is 7.37. The molecule has 1 fully saturated rings. The van der Waals surface area contributed by atoms with Crippen LogP contribution >= 0.6 is 0 Å². The Morgan fingerprint density at radius 3 is 2.75 bits per heavy atom. The van der Waals surface area contributed by atoms with Crippen LogP contribution in [-0.2, 0) is 0 Å². The Hall–Kier alpha value is -1.65. The van der Waals surface area contributed by atoms with Crippen molar-refractivity contribution in [1.82, 2.24) is 14.9 Å². The Morgan fingerprint density at radius 2 is 2.10 bits per heavy atom. The van der Waals surface area contributed by atoms with Gasteiger partial charge in [0.15, 0.2) is 0 Å². The van der Waals surface area contributed by atoms with Crippen molar-refractivity contribution in [3.05, 3.63) is 18.1 Å². The van der Waals surface area contributed by atoms with E-state index in [-0.39, 0.29) is 5.91 Å². The van der Waals surface area contributed by atoms with Crippen LogP contribution in [0, 0.1) is 5.41 Å². The van der Waals surface area contributed by atoms with Gasteiger partial charge in [0.1, 0.15) is 11.5 Å². The van der Waals surface area contributed by atoms with E-state index >= 15 is 0 Å². The van der Waals surface area contributed by atoms with Crippen LogP contribution in [0.2, 0.25) is 0 Å². The molecule has 5 heteroatoms. The molecule has 0 spiro atoms. The summed E-state index contributed by atoms with van der Waals surface area (Å²) < 4.78 is 0. The van der Waals surface area contributed by atoms with Gasteiger partial charge < -0.3 is 10.2 Å². The maximum absolute atomic E-state index is 12.4. The standard InChI is InChI=1S/C15H24N4O/c1-4-16-13-11-17-12(10-18-13)14(20)19-8-5-6-15(2,3)7-9-19/h10-11H,4-9H2,1-3H3,(H,16,18). The average molecular weight is 276 g/mol. The van der Waals surface area contributed by atoms with Crippen LogP contribution in [0.25, 0.3) is 0 Å². The predicted octanol–water partition coefficient (Wildman–Crippen LogP) is 2.56. The molecule has 5 nitrogen and oxygen atoms in total. The van der Waals surface area contributed by atoms with Gasteiger partial charge in [-0.3, -0.25) is 4.79 Å². The molecule has 1 aliphatic heterocycles. The molecule has 1 saturated heterocycles. The molecule has 20 heavy (non-hydrogen) atoms. The Bertz CT molecular complexity index is 455. The van der Waals surface area contributed by atoms with Crippen molar-refractivity contribution in [3.63, 3.8) is 0 Å². The minimum absolute atomic E-state index is 0.00162. The van der Waals surface area contributed by atoms with Gasteiger partial charge in [-0.25, -0.2) is 9.97 Å². The zero-order chi connectivity index (χ0) is 14.6. The lowest BCUT2D eigenvalue weighted by molar-refractivity contribution is 0.0751. The van der Waals surface area contributed by atoms with E-state index in [1.807, 2.05) is 11.8 Å². The summed E-state index contributed by atoms with van der Waals surface area (Å²) in [4.78, 5) is 22.8. The van der Waals surface area contributed by atoms with E-state index in [1.165, 1.54) is 6.42 Å². The van der Waals surface area contributed by atoms with Crippen LogP contribution < -0.4 is 5.32 Å². The normalized spacial score (nSPS) is 18.4. The molecule has 0 bridgehead atoms. The molecule has 2 heterocycles. The Kier molecular flexibility index (Phi) is 4.57. The van der Waals surface area contributed by atoms with Crippen molar-refractivity contribution in [2.24, 2.45) is 5.41 Å². The van der Waals surface area contributed by atoms with E-state index < -0.39 is 0 Å². The summed E-state index contributed by atoms with van der Waals surface area (Å²) >= 11 is 0. The lowest BCUT2D eigenvalue weighted by Gasteiger charge is -2.23. The summed E-state index contributed by atoms with van der Waals surface area (Å²) in [6, 6.07) is 0. The van der Waals surface area contributed by atoms with Gasteiger partial charge in [0.2, 0.25) is 0 Å². The van der Waals surface area contributed by atoms with Gasteiger partial charge in [-0.2, -0.15) is 0 Å². The topological polar surface area (TPSA) is 58.1 Å². The molecular weight excluding hydrogens is 252 g/mol. The van der Waals surface area contributed by atoms with Crippen LogP contribution in [0.3, 0.4) is 0 Å². The Balaban J connectivity index is 2.03. The van der Waals surface area contributed by atoms with Crippen molar-refractivity contribution in [1.29, 1.82) is 0 Å². The summed E-state index contributed by atoms with van der Waals surface area (Å²) in [5.41, 5.74) is 0.765. The second kappa shape index (κ2) is 6.20. The number of amides is 1. The van der Waals surface area contributed by atoms with Crippen LogP contribution in [0.4, 0.5) is 5.82 Å². The molecule has 2 rings (SSSR count). The van der Waals surface area contributed by atoms with Gasteiger partial charge in [-0.05, 0) is 31.6 Å². The van der Waals surface area contributed by atoms with Gasteiger partial charge in [-0.1, -0.05) is 13.8 Å². The van der Waals surface area contributed by atoms with E-state index in [2.05, 4.69) is 29.1 Å². The zero-order valence-corrected chi connectivity index (χ0v) is 12.6. The highest BCUT2D eigenvalue weighted by Gasteiger charge is 2.26. The highest BCUT2D eigenvalue weighted by molar-refractivity contribution is 5.92. The highest BCUT2D eigenvalue weighted by atomic mass is 16.2. The fourth-order valence-electron chi connectivity index (χ4n) is 2.50. The second-order valence-electron chi connectivity index (χ2n) is 6.13. The lowest BCUT2D eigenvalue weighted by Crippen LogP contribution is -2.33. The number of hydrogen-bond acceptors (Lipinski definition) is 4. The minimum atomic E-state index is -0.00162. The molecule has 1 amide bonds. The third-order valence-corrected chi connectivity index (χ3v) is 3.86. The summed E-state index contributed by atoms with van der Waals surface area (Å²) in [5, 5.41) is 3.08. The summed E-state index contributed by atoms with van der Waals surface area (Å²) in [5.74, 6) is 0.708. The first-order chi connectivity index (χ1) is 9.52. The van der Waals surface area contributed by atoms with Crippen molar-refractivity contribution in [3.8, 4) is 0 Å². The Morgan fingerprint density at radius 1 is 1.30 bits per heavy atom. The smallest absolute Gasteiger partial charge is 0.274 e. The maximum Gasteiger partial charge on any atom is 0.274 e. The number of likely N-dealkylation sites (tertiary alicyclic amines) is 1. The van der Waals surface area contributed by atoms with E-state index in [0.717, 1.165) is 32.5 Å². The predicted molar refractivity (Wildman–Crippen MR) is 79.7 cm³/mol. The molecule has 0 atom stereocenters. The maximum atomic E-state index is 12.4. The first-order valence-corrected chi connectivity index (χ1v) is 7.37. The van der Waals surface area contributed by atoms with Gasteiger partial charge in [-0.15, -0.1) is 0 Å². The van der Waals surface area contributed by atoms with Crippen LogP contribution in [0.15, 0.2) is 12.4 Å². The number of anilines is 1. The van der Waals surface area contributed by atoms with Crippen LogP contribution in [0.5, 0.6) is 0 Å². The number of carbonyl (C=O) groups excluding carboxylic acids is 1. The molecular formula is C15H24N4O. The Labute approximate surface area is 120 Å². The largest absolute Gasteiger partial charge is 0.369 e. The third-order valence-electron chi connectivity index (χ3n) is 3.86. The van der Waals surface area contributed by atoms with Gasteiger partial charge in [0, 0.05) is 19.6 Å². The molecule has 0 aromatic carbocycles. The number of hydrogen-bond donors (Lipinski definition) is 1. The average Bonchev–Trinajstić information content (AvgIpc) is 2.60. The third kappa shape index (κ3) is 3.68. The van der Waals surface area contributed by atoms with E-state index in [4.69, 9.17) is 0 Å². The number of rotatable bonds is 3.